The normalized spacial score (nSPS) is 16.4. The molecule has 1 saturated heterocycles. The number of hydrazine groups is 1. The number of ether oxygens (including phenoxy) is 1. The maximum absolute atomic E-state index is 14.1. The highest BCUT2D eigenvalue weighted by Gasteiger charge is 2.31. The number of thiophene rings is 1. The summed E-state index contributed by atoms with van der Waals surface area (Å²) in [6.07, 6.45) is 5.60. The van der Waals surface area contributed by atoms with E-state index in [4.69, 9.17) is 14.1 Å². The van der Waals surface area contributed by atoms with Gasteiger partial charge in [0.15, 0.2) is 0 Å². The number of morpholine rings is 1. The van der Waals surface area contributed by atoms with Crippen molar-refractivity contribution >= 4 is 44.3 Å². The Morgan fingerprint density at radius 2 is 1.83 bits per heavy atom. The highest BCUT2D eigenvalue weighted by Crippen LogP contribution is 2.47. The Hall–Kier alpha value is -3.99. The maximum Gasteiger partial charge on any atom is 0.345 e. The van der Waals surface area contributed by atoms with Crippen LogP contribution >= 0.6 is 11.3 Å². The maximum atomic E-state index is 14.1. The summed E-state index contributed by atoms with van der Waals surface area (Å²) in [6, 6.07) is 14.3. The van der Waals surface area contributed by atoms with Crippen LogP contribution in [0.3, 0.4) is 0 Å². The molecule has 1 aliphatic carbocycles. The number of benzene rings is 1. The average molecular weight is 641 g/mol. The van der Waals surface area contributed by atoms with E-state index in [0.29, 0.717) is 43.6 Å². The minimum atomic E-state index is -0.936. The molecule has 7 rings (SSSR count). The van der Waals surface area contributed by atoms with Crippen molar-refractivity contribution in [3.8, 4) is 22.5 Å². The van der Waals surface area contributed by atoms with Gasteiger partial charge in [-0.15, -0.1) is 11.3 Å². The predicted octanol–water partition coefficient (Wildman–Crippen LogP) is 7.64. The number of amides is 1. The van der Waals surface area contributed by atoms with Gasteiger partial charge in [0.25, 0.3) is 5.91 Å². The number of carboxylic acid groups (broad SMARTS) is 1. The number of aromatic carboxylic acids is 1. The van der Waals surface area contributed by atoms with Crippen LogP contribution in [0.4, 0.5) is 0 Å². The lowest BCUT2D eigenvalue weighted by molar-refractivity contribution is -0.156. The molecule has 0 bridgehead atoms. The summed E-state index contributed by atoms with van der Waals surface area (Å²) >= 11 is 1.34. The van der Waals surface area contributed by atoms with Gasteiger partial charge in [-0.2, -0.15) is 0 Å². The van der Waals surface area contributed by atoms with Crippen LogP contribution in [0, 0.1) is 13.8 Å². The van der Waals surface area contributed by atoms with Gasteiger partial charge in [-0.25, -0.2) is 14.8 Å². The van der Waals surface area contributed by atoms with Crippen molar-refractivity contribution in [1.82, 2.24) is 19.6 Å². The molecule has 1 amide bonds. The molecule has 1 aliphatic heterocycles. The molecule has 240 valence electrons. The topological polar surface area (TPSA) is 101 Å². The number of carbonyl (C=O) groups excluding carboxylic acids is 1. The molecular formula is C36H40N4O5S. The second kappa shape index (κ2) is 12.7. The quantitative estimate of drug-likeness (QED) is 0.186. The summed E-state index contributed by atoms with van der Waals surface area (Å²) in [6.45, 7) is 9.09. The third-order valence-corrected chi connectivity index (χ3v) is 10.6. The Labute approximate surface area is 272 Å². The van der Waals surface area contributed by atoms with Gasteiger partial charge >= 0.3 is 5.97 Å². The second-order valence-corrected chi connectivity index (χ2v) is 13.5. The Morgan fingerprint density at radius 1 is 1.04 bits per heavy atom. The number of aryl methyl sites for hydroxylation is 2. The number of nitrogens with zero attached hydrogens (tertiary/aromatic N) is 4. The molecule has 5 aromatic rings. The minimum absolute atomic E-state index is 0.0151. The summed E-state index contributed by atoms with van der Waals surface area (Å²) < 4.78 is 14.4. The van der Waals surface area contributed by atoms with Crippen molar-refractivity contribution in [2.75, 3.05) is 32.8 Å². The highest BCUT2D eigenvalue weighted by molar-refractivity contribution is 7.21. The fourth-order valence-electron chi connectivity index (χ4n) is 7.35. The average Bonchev–Trinajstić information content (AvgIpc) is 3.74. The summed E-state index contributed by atoms with van der Waals surface area (Å²) in [7, 11) is 0. The van der Waals surface area contributed by atoms with E-state index in [9.17, 15) is 14.7 Å². The third-order valence-electron chi connectivity index (χ3n) is 9.49. The fraction of sp³-hybridized carbons (Fsp3) is 0.417. The lowest BCUT2D eigenvalue weighted by Crippen LogP contribution is -2.52. The van der Waals surface area contributed by atoms with Crippen molar-refractivity contribution in [1.29, 1.82) is 0 Å². The van der Waals surface area contributed by atoms with Crippen molar-refractivity contribution in [2.45, 2.75) is 65.3 Å². The van der Waals surface area contributed by atoms with Crippen LogP contribution in [0.25, 0.3) is 43.6 Å². The highest BCUT2D eigenvalue weighted by atomic mass is 32.1. The monoisotopic (exact) mass is 640 g/mol. The first-order valence-electron chi connectivity index (χ1n) is 16.3. The van der Waals surface area contributed by atoms with E-state index >= 15 is 0 Å². The molecule has 9 nitrogen and oxygen atoms in total. The molecule has 2 aliphatic rings. The van der Waals surface area contributed by atoms with Crippen LogP contribution in [-0.2, 0) is 16.1 Å². The third kappa shape index (κ3) is 5.63. The number of likely N-dealkylation sites (N-methyl/N-ethyl adjacent to an activating group) is 1. The van der Waals surface area contributed by atoms with Gasteiger partial charge in [-0.1, -0.05) is 31.4 Å². The molecule has 46 heavy (non-hydrogen) atoms. The minimum Gasteiger partial charge on any atom is -0.477 e. The number of aromatic nitrogens is 2. The van der Waals surface area contributed by atoms with Crippen molar-refractivity contribution in [3.05, 3.63) is 64.4 Å². The Kier molecular flexibility index (Phi) is 8.44. The van der Waals surface area contributed by atoms with E-state index in [1.54, 1.807) is 6.07 Å². The number of furan rings is 1. The number of carbonyl (C=O) groups is 2. The zero-order valence-electron chi connectivity index (χ0n) is 26.7. The van der Waals surface area contributed by atoms with E-state index in [-0.39, 0.29) is 12.5 Å². The van der Waals surface area contributed by atoms with Gasteiger partial charge in [-0.05, 0) is 81.0 Å². The standard InChI is InChI=1S/C36H40N4O5S/c1-4-40(38-14-16-44-17-15-38)32(41)21-39-30-20-31(36(42)43)46-35(30)33(24-8-6-5-7-9-24)34(39)26-11-12-28-25(19-26)10-13-29(37-28)27-18-22(2)45-23(27)3/h10-13,18-20,24H,4-9,14-17,21H2,1-3H3,(H,42,43). The second-order valence-electron chi connectivity index (χ2n) is 12.4. The van der Waals surface area contributed by atoms with Gasteiger partial charge < -0.3 is 18.8 Å². The van der Waals surface area contributed by atoms with Crippen molar-refractivity contribution < 1.29 is 23.8 Å². The van der Waals surface area contributed by atoms with Crippen LogP contribution in [0.1, 0.15) is 71.7 Å². The Balaban J connectivity index is 1.38. The first-order valence-corrected chi connectivity index (χ1v) is 17.1. The fourth-order valence-corrected chi connectivity index (χ4v) is 8.48. The number of fused-ring (bicyclic) bond motifs is 2. The SMILES string of the molecule is CCN(C(=O)Cn1c(-c2ccc3nc(-c4cc(C)oc4C)ccc3c2)c(C2CCCCC2)c2sc(C(=O)O)cc21)N1CCOCC1. The number of hydrogen-bond acceptors (Lipinski definition) is 7. The van der Waals surface area contributed by atoms with E-state index < -0.39 is 5.97 Å². The lowest BCUT2D eigenvalue weighted by Gasteiger charge is -2.36. The summed E-state index contributed by atoms with van der Waals surface area (Å²) in [5.41, 5.74) is 6.78. The first kappa shape index (κ1) is 30.7. The molecule has 1 aromatic carbocycles. The van der Waals surface area contributed by atoms with E-state index in [0.717, 1.165) is 80.8 Å². The molecular weight excluding hydrogens is 600 g/mol. The summed E-state index contributed by atoms with van der Waals surface area (Å²) in [5.74, 6) is 1.05. The zero-order valence-corrected chi connectivity index (χ0v) is 27.5. The van der Waals surface area contributed by atoms with Crippen molar-refractivity contribution in [3.63, 3.8) is 0 Å². The molecule has 0 unspecified atom stereocenters. The van der Waals surface area contributed by atoms with Crippen LogP contribution < -0.4 is 0 Å². The van der Waals surface area contributed by atoms with Gasteiger partial charge in [0.1, 0.15) is 22.9 Å². The number of rotatable bonds is 8. The van der Waals surface area contributed by atoms with Crippen LogP contribution in [0.5, 0.6) is 0 Å². The smallest absolute Gasteiger partial charge is 0.345 e. The molecule has 1 N–H and O–H groups in total. The first-order chi connectivity index (χ1) is 22.3. The van der Waals surface area contributed by atoms with Gasteiger partial charge in [0.2, 0.25) is 0 Å². The number of hydrogen-bond donors (Lipinski definition) is 1. The molecule has 10 heteroatoms. The Morgan fingerprint density at radius 3 is 2.52 bits per heavy atom. The largest absolute Gasteiger partial charge is 0.477 e. The zero-order chi connectivity index (χ0) is 31.9. The van der Waals surface area contributed by atoms with Gasteiger partial charge in [0.05, 0.1) is 40.3 Å². The van der Waals surface area contributed by atoms with Crippen molar-refractivity contribution in [2.24, 2.45) is 0 Å². The lowest BCUT2D eigenvalue weighted by atomic mass is 9.83. The molecule has 5 heterocycles. The molecule has 4 aromatic heterocycles. The van der Waals surface area contributed by atoms with E-state index in [1.165, 1.54) is 23.3 Å². The predicted molar refractivity (Wildman–Crippen MR) is 180 cm³/mol. The summed E-state index contributed by atoms with van der Waals surface area (Å²) in [4.78, 5) is 31.6. The molecule has 2 fully saturated rings. The van der Waals surface area contributed by atoms with Crippen LogP contribution in [0.15, 0.2) is 46.9 Å². The Bertz CT molecular complexity index is 1930. The summed E-state index contributed by atoms with van der Waals surface area (Å²) in [5, 5.41) is 14.9. The van der Waals surface area contributed by atoms with Crippen LogP contribution in [-0.4, -0.2) is 69.4 Å². The van der Waals surface area contributed by atoms with E-state index in [1.807, 2.05) is 37.9 Å². The van der Waals surface area contributed by atoms with Crippen LogP contribution in [0.2, 0.25) is 0 Å². The number of pyridine rings is 1. The van der Waals surface area contributed by atoms with E-state index in [2.05, 4.69) is 33.8 Å². The van der Waals surface area contributed by atoms with Gasteiger partial charge in [-0.3, -0.25) is 9.80 Å². The molecule has 0 atom stereocenters. The molecule has 0 spiro atoms. The molecule has 0 radical (unpaired) electrons. The van der Waals surface area contributed by atoms with Gasteiger partial charge in [0, 0.05) is 30.6 Å². The number of carboxylic acids is 1. The molecule has 1 saturated carbocycles.